The van der Waals surface area contributed by atoms with Gasteiger partial charge in [0, 0.05) is 0 Å². The molecule has 1 aromatic heterocycles. The van der Waals surface area contributed by atoms with Crippen LogP contribution < -0.4 is 68.9 Å². The molecule has 0 atom stereocenters. The molecule has 0 aliphatic rings. The second-order valence-corrected chi connectivity index (χ2v) is 15.9. The smallest absolute Gasteiger partial charge is 0.744 e. The maximum atomic E-state index is 13.0. The van der Waals surface area contributed by atoms with Gasteiger partial charge in [0.2, 0.25) is 0 Å². The molecule has 56 heavy (non-hydrogen) atoms. The first-order valence-corrected chi connectivity index (χ1v) is 19.7. The summed E-state index contributed by atoms with van der Waals surface area (Å²) in [5.41, 5.74) is 2.12. The van der Waals surface area contributed by atoms with Crippen molar-refractivity contribution in [3.05, 3.63) is 137 Å². The minimum Gasteiger partial charge on any atom is -0.744 e. The van der Waals surface area contributed by atoms with Crippen LogP contribution in [0.5, 0.6) is 5.75 Å². The molecule has 0 spiro atoms. The molecule has 16 nitrogen and oxygen atoms in total. The van der Waals surface area contributed by atoms with Crippen molar-refractivity contribution in [2.24, 2.45) is 20.5 Å². The van der Waals surface area contributed by atoms with Gasteiger partial charge in [-0.25, -0.2) is 21.5 Å². The Bertz CT molecular complexity index is 2830. The predicted octanol–water partition coefficient (Wildman–Crippen LogP) is 0.864. The second-order valence-electron chi connectivity index (χ2n) is 11.6. The fourth-order valence-corrected chi connectivity index (χ4v) is 7.00. The van der Waals surface area contributed by atoms with E-state index in [1.807, 2.05) is 6.92 Å². The van der Waals surface area contributed by atoms with E-state index in [1.54, 1.807) is 43.3 Å². The monoisotopic (exact) mass is 832 g/mol. The minimum absolute atomic E-state index is 0. The number of azo groups is 2. The van der Waals surface area contributed by atoms with Crippen LogP contribution in [0, 0.1) is 13.8 Å². The van der Waals surface area contributed by atoms with Crippen LogP contribution in [0.25, 0.3) is 16.8 Å². The molecule has 0 amide bonds. The Labute approximate surface area is 365 Å². The van der Waals surface area contributed by atoms with Crippen LogP contribution in [0.3, 0.4) is 0 Å². The summed E-state index contributed by atoms with van der Waals surface area (Å²) in [4.78, 5) is 11.9. The van der Waals surface area contributed by atoms with Crippen LogP contribution >= 0.6 is 0 Å². The molecule has 1 N–H and O–H groups in total. The van der Waals surface area contributed by atoms with Crippen molar-refractivity contribution in [1.82, 2.24) is 9.78 Å². The molecule has 21 heteroatoms. The SMILES string of the molecule is Cc1ccc(S(=O)(=O)Oc2ccc(N=Nc3ccc(-c4ccc(N=Nc5c(C)[nH]n(-c6ccc(S(=O)(=O)[O-])cc6)c5=O)cc4)cc3S(=O)(=O)[O-])cc2)cc1.[Na+].[Na+]. The minimum atomic E-state index is -5.01. The topological polar surface area (TPSA) is 245 Å². The van der Waals surface area contributed by atoms with Crippen LogP contribution in [0.2, 0.25) is 0 Å². The third-order valence-corrected chi connectivity index (χ3v) is 10.7. The summed E-state index contributed by atoms with van der Waals surface area (Å²) in [5, 5.41) is 18.9. The van der Waals surface area contributed by atoms with Crippen molar-refractivity contribution in [2.75, 3.05) is 0 Å². The molecule has 0 fully saturated rings. The summed E-state index contributed by atoms with van der Waals surface area (Å²) in [7, 11) is -13.7. The van der Waals surface area contributed by atoms with E-state index >= 15 is 0 Å². The van der Waals surface area contributed by atoms with Gasteiger partial charge < -0.3 is 13.3 Å². The summed E-state index contributed by atoms with van der Waals surface area (Å²) in [5.74, 6) is 0.0135. The van der Waals surface area contributed by atoms with E-state index < -0.39 is 45.7 Å². The molecular weight excluding hydrogens is 807 g/mol. The molecule has 1 heterocycles. The summed E-state index contributed by atoms with van der Waals surface area (Å²) < 4.78 is 102. The van der Waals surface area contributed by atoms with Crippen molar-refractivity contribution < 1.29 is 97.7 Å². The molecule has 0 saturated heterocycles. The quantitative estimate of drug-likeness (QED) is 0.0835. The predicted molar refractivity (Wildman–Crippen MR) is 193 cm³/mol. The van der Waals surface area contributed by atoms with Gasteiger partial charge in [-0.05, 0) is 110 Å². The Hall–Kier alpha value is -4.12. The van der Waals surface area contributed by atoms with E-state index in [0.717, 1.165) is 28.4 Å². The number of aromatic nitrogens is 2. The molecule has 0 aliphatic carbocycles. The summed E-state index contributed by atoms with van der Waals surface area (Å²) in [6.45, 7) is 3.41. The van der Waals surface area contributed by atoms with Crippen LogP contribution in [0.15, 0.2) is 155 Å². The number of nitrogens with zero attached hydrogens (tertiary/aromatic N) is 5. The number of hydrogen-bond donors (Lipinski definition) is 1. The van der Waals surface area contributed by atoms with Gasteiger partial charge in [0.25, 0.3) is 5.56 Å². The average Bonchev–Trinajstić information content (AvgIpc) is 3.42. The number of rotatable bonds is 11. The zero-order chi connectivity index (χ0) is 38.8. The van der Waals surface area contributed by atoms with Crippen LogP contribution in [0.1, 0.15) is 11.3 Å². The first kappa shape index (κ1) is 44.6. The zero-order valence-electron chi connectivity index (χ0n) is 30.0. The molecule has 5 aromatic carbocycles. The number of benzene rings is 5. The molecule has 0 radical (unpaired) electrons. The van der Waals surface area contributed by atoms with Crippen molar-refractivity contribution in [2.45, 2.75) is 28.5 Å². The van der Waals surface area contributed by atoms with E-state index in [4.69, 9.17) is 4.18 Å². The maximum absolute atomic E-state index is 13.0. The van der Waals surface area contributed by atoms with E-state index in [-0.39, 0.29) is 92.5 Å². The molecule has 0 unspecified atom stereocenters. The van der Waals surface area contributed by atoms with Crippen LogP contribution in [-0.2, 0) is 30.4 Å². The summed E-state index contributed by atoms with van der Waals surface area (Å²) in [6, 6.07) is 26.7. The summed E-state index contributed by atoms with van der Waals surface area (Å²) in [6.07, 6.45) is 0. The third-order valence-electron chi connectivity index (χ3n) is 7.74. The van der Waals surface area contributed by atoms with Crippen molar-refractivity contribution in [3.8, 4) is 22.6 Å². The van der Waals surface area contributed by atoms with E-state index in [0.29, 0.717) is 22.5 Å². The first-order valence-electron chi connectivity index (χ1n) is 15.5. The number of H-pyrrole nitrogens is 1. The number of nitrogens with one attached hydrogen (secondary N) is 1. The summed E-state index contributed by atoms with van der Waals surface area (Å²) >= 11 is 0. The molecule has 6 rings (SSSR count). The molecule has 0 bridgehead atoms. The fourth-order valence-electron chi connectivity index (χ4n) is 4.96. The second kappa shape index (κ2) is 18.0. The van der Waals surface area contributed by atoms with E-state index in [1.165, 1.54) is 60.7 Å². The van der Waals surface area contributed by atoms with Gasteiger partial charge >= 0.3 is 69.2 Å². The first-order chi connectivity index (χ1) is 25.5. The van der Waals surface area contributed by atoms with Gasteiger partial charge in [-0.3, -0.25) is 9.89 Å². The maximum Gasteiger partial charge on any atom is 1.00 e. The Morgan fingerprint density at radius 1 is 0.607 bits per heavy atom. The van der Waals surface area contributed by atoms with Gasteiger partial charge in [-0.15, -0.1) is 10.2 Å². The standard InChI is InChI=1S/C35H28N6O10S3.2Na/c1-22-3-16-31(17-4-22)54(49,50)51-29-14-10-27(11-15-29)36-38-32-20-7-25(21-33(32)53(46,47)48)24-5-8-26(9-6-24)37-39-34-23(2)40-41(35(34)42)28-12-18-30(19-13-28)52(43,44)45;;/h3-21,40H,1-2H3,(H,43,44,45)(H,46,47,48);;/q;2*+1/p-2. The molecular formula is C35H26N6Na2O10S3. The van der Waals surface area contributed by atoms with E-state index in [2.05, 4.69) is 25.6 Å². The number of hydrogen-bond acceptors (Lipinski definition) is 14. The molecule has 276 valence electrons. The van der Waals surface area contributed by atoms with Gasteiger partial charge in [0.05, 0.1) is 32.5 Å². The normalized spacial score (nSPS) is 12.0. The number of aromatic amines is 1. The van der Waals surface area contributed by atoms with E-state index in [9.17, 15) is 39.2 Å². The van der Waals surface area contributed by atoms with Gasteiger partial charge in [-0.1, -0.05) is 35.9 Å². The Balaban J connectivity index is 0.00000348. The van der Waals surface area contributed by atoms with Crippen molar-refractivity contribution >= 4 is 53.1 Å². The van der Waals surface area contributed by atoms with Crippen LogP contribution in [-0.4, -0.2) is 44.1 Å². The third kappa shape index (κ3) is 10.6. The van der Waals surface area contributed by atoms with Gasteiger partial charge in [-0.2, -0.15) is 18.6 Å². The number of aryl methyl sites for hydroxylation is 2. The Morgan fingerprint density at radius 2 is 1.14 bits per heavy atom. The Kier molecular flexibility index (Phi) is 14.3. The molecule has 0 aliphatic heterocycles. The fraction of sp³-hybridized carbons (Fsp3) is 0.0571. The molecule has 6 aromatic rings. The van der Waals surface area contributed by atoms with Gasteiger partial charge in [0.15, 0.2) is 5.69 Å². The van der Waals surface area contributed by atoms with Crippen molar-refractivity contribution in [1.29, 1.82) is 0 Å². The Morgan fingerprint density at radius 3 is 1.71 bits per heavy atom. The van der Waals surface area contributed by atoms with Crippen LogP contribution in [0.4, 0.5) is 22.7 Å². The molecule has 0 saturated carbocycles. The largest absolute Gasteiger partial charge is 1.00 e. The van der Waals surface area contributed by atoms with Crippen molar-refractivity contribution in [3.63, 3.8) is 0 Å². The average molecular weight is 833 g/mol. The van der Waals surface area contributed by atoms with Gasteiger partial charge in [0.1, 0.15) is 36.6 Å². The zero-order valence-corrected chi connectivity index (χ0v) is 36.5.